The van der Waals surface area contributed by atoms with Gasteiger partial charge in [0.2, 0.25) is 0 Å². The Labute approximate surface area is 215 Å². The fourth-order valence-corrected chi connectivity index (χ4v) is 4.60. The highest BCUT2D eigenvalue weighted by atomic mass is 127. The highest BCUT2D eigenvalue weighted by Gasteiger charge is 2.18. The van der Waals surface area contributed by atoms with Gasteiger partial charge in [0.15, 0.2) is 5.96 Å². The zero-order chi connectivity index (χ0) is 22.2. The van der Waals surface area contributed by atoms with Crippen LogP contribution in [0, 0.1) is 0 Å². The number of aryl methyl sites for hydroxylation is 1. The molecule has 0 amide bonds. The summed E-state index contributed by atoms with van der Waals surface area (Å²) in [5.41, 5.74) is 11.2. The molecule has 0 saturated carbocycles. The van der Waals surface area contributed by atoms with Crippen LogP contribution in [0.15, 0.2) is 47.5 Å². The van der Waals surface area contributed by atoms with E-state index in [0.29, 0.717) is 25.2 Å². The van der Waals surface area contributed by atoms with Crippen molar-refractivity contribution in [2.24, 2.45) is 10.7 Å². The topological polar surface area (TPSA) is 72.1 Å². The van der Waals surface area contributed by atoms with Crippen molar-refractivity contribution in [3.8, 4) is 5.75 Å². The summed E-state index contributed by atoms with van der Waals surface area (Å²) in [7, 11) is 2.17. The SMILES string of the molecule is CN(CCOc1cccc(CN=C(N)Nc2cccc3c2CCCC3)c1)C1CCOCC1.I. The van der Waals surface area contributed by atoms with E-state index in [2.05, 4.69) is 52.6 Å². The van der Waals surface area contributed by atoms with Crippen LogP contribution in [0.3, 0.4) is 0 Å². The molecule has 3 N–H and O–H groups in total. The number of nitrogens with zero attached hydrogens (tertiary/aromatic N) is 2. The minimum absolute atomic E-state index is 0. The molecule has 2 aliphatic rings. The van der Waals surface area contributed by atoms with E-state index in [0.717, 1.165) is 62.4 Å². The number of halogens is 1. The Morgan fingerprint density at radius 2 is 1.94 bits per heavy atom. The van der Waals surface area contributed by atoms with Crippen LogP contribution in [0.1, 0.15) is 42.4 Å². The number of rotatable bonds is 8. The molecule has 0 aromatic heterocycles. The lowest BCUT2D eigenvalue weighted by Crippen LogP contribution is -2.38. The maximum Gasteiger partial charge on any atom is 0.193 e. The smallest absolute Gasteiger partial charge is 0.193 e. The molecule has 6 nitrogen and oxygen atoms in total. The van der Waals surface area contributed by atoms with Crippen molar-refractivity contribution in [2.75, 3.05) is 38.7 Å². The number of ether oxygens (including phenoxy) is 2. The van der Waals surface area contributed by atoms with Crippen LogP contribution < -0.4 is 15.8 Å². The van der Waals surface area contributed by atoms with E-state index < -0.39 is 0 Å². The third-order valence-corrected chi connectivity index (χ3v) is 6.52. The van der Waals surface area contributed by atoms with Crippen LogP contribution in [-0.2, 0) is 24.1 Å². The molecule has 7 heteroatoms. The Morgan fingerprint density at radius 1 is 1.15 bits per heavy atom. The van der Waals surface area contributed by atoms with E-state index in [4.69, 9.17) is 15.2 Å². The molecule has 1 aliphatic carbocycles. The summed E-state index contributed by atoms with van der Waals surface area (Å²) in [6.07, 6.45) is 6.97. The second kappa shape index (κ2) is 13.2. The van der Waals surface area contributed by atoms with Gasteiger partial charge in [-0.15, -0.1) is 24.0 Å². The van der Waals surface area contributed by atoms with Gasteiger partial charge in [0.25, 0.3) is 0 Å². The van der Waals surface area contributed by atoms with Gasteiger partial charge < -0.3 is 20.5 Å². The molecule has 180 valence electrons. The first-order valence-corrected chi connectivity index (χ1v) is 11.9. The van der Waals surface area contributed by atoms with E-state index in [1.54, 1.807) is 0 Å². The number of aliphatic imine (C=N–C) groups is 1. The Bertz CT molecular complexity index is 915. The van der Waals surface area contributed by atoms with Crippen LogP contribution in [0.2, 0.25) is 0 Å². The first-order chi connectivity index (χ1) is 15.7. The maximum absolute atomic E-state index is 6.20. The number of anilines is 1. The number of fused-ring (bicyclic) bond motifs is 1. The maximum atomic E-state index is 6.20. The summed E-state index contributed by atoms with van der Waals surface area (Å²) in [5.74, 6) is 1.33. The lowest BCUT2D eigenvalue weighted by molar-refractivity contribution is 0.0392. The van der Waals surface area contributed by atoms with E-state index in [-0.39, 0.29) is 24.0 Å². The third-order valence-electron chi connectivity index (χ3n) is 6.52. The summed E-state index contributed by atoms with van der Waals surface area (Å²) in [6, 6.07) is 15.1. The average molecular weight is 565 g/mol. The number of likely N-dealkylation sites (N-methyl/N-ethyl adjacent to an activating group) is 1. The first kappa shape index (κ1) is 25.8. The second-order valence-electron chi connectivity index (χ2n) is 8.80. The highest BCUT2D eigenvalue weighted by molar-refractivity contribution is 14.0. The van der Waals surface area contributed by atoms with Crippen LogP contribution >= 0.6 is 24.0 Å². The molecule has 0 atom stereocenters. The van der Waals surface area contributed by atoms with Crippen molar-refractivity contribution in [3.05, 3.63) is 59.2 Å². The van der Waals surface area contributed by atoms with Gasteiger partial charge in [-0.2, -0.15) is 0 Å². The first-order valence-electron chi connectivity index (χ1n) is 11.9. The van der Waals surface area contributed by atoms with E-state index >= 15 is 0 Å². The molecule has 2 aromatic rings. The average Bonchev–Trinajstić information content (AvgIpc) is 2.84. The monoisotopic (exact) mass is 564 g/mol. The van der Waals surface area contributed by atoms with Crippen molar-refractivity contribution in [1.29, 1.82) is 0 Å². The van der Waals surface area contributed by atoms with Crippen LogP contribution in [0.5, 0.6) is 5.75 Å². The standard InChI is InChI=1S/C26H36N4O2.HI/c1-30(22-12-15-31-16-13-22)14-17-32-23-9-4-6-20(18-23)19-28-26(27)29-25-11-5-8-21-7-2-3-10-24(21)25;/h4-6,8-9,11,18,22H,2-3,7,10,12-17,19H2,1H3,(H3,27,28,29);1H. The summed E-state index contributed by atoms with van der Waals surface area (Å²) in [5, 5.41) is 3.31. The normalized spacial score (nSPS) is 16.7. The predicted octanol–water partition coefficient (Wildman–Crippen LogP) is 4.60. The van der Waals surface area contributed by atoms with Gasteiger partial charge in [0.05, 0.1) is 6.54 Å². The van der Waals surface area contributed by atoms with Gasteiger partial charge in [-0.3, -0.25) is 4.90 Å². The molecule has 1 heterocycles. The van der Waals surface area contributed by atoms with Crippen LogP contribution in [0.25, 0.3) is 0 Å². The van der Waals surface area contributed by atoms with E-state index in [1.165, 1.54) is 24.0 Å². The lowest BCUT2D eigenvalue weighted by Gasteiger charge is -2.31. The van der Waals surface area contributed by atoms with Gasteiger partial charge in [-0.25, -0.2) is 4.99 Å². The molecule has 0 unspecified atom stereocenters. The third kappa shape index (κ3) is 7.58. The summed E-state index contributed by atoms with van der Waals surface area (Å²) in [6.45, 7) is 3.83. The van der Waals surface area contributed by atoms with Crippen LogP contribution in [-0.4, -0.2) is 50.3 Å². The molecule has 1 saturated heterocycles. The molecule has 4 rings (SSSR count). The van der Waals surface area contributed by atoms with Gasteiger partial charge in [-0.05, 0) is 80.5 Å². The van der Waals surface area contributed by atoms with Crippen molar-refractivity contribution >= 4 is 35.6 Å². The molecular weight excluding hydrogens is 527 g/mol. The van der Waals surface area contributed by atoms with Gasteiger partial charge in [-0.1, -0.05) is 24.3 Å². The van der Waals surface area contributed by atoms with Crippen molar-refractivity contribution in [2.45, 2.75) is 51.1 Å². The van der Waals surface area contributed by atoms with Gasteiger partial charge >= 0.3 is 0 Å². The number of hydrogen-bond acceptors (Lipinski definition) is 4. The largest absolute Gasteiger partial charge is 0.492 e. The quantitative estimate of drug-likeness (QED) is 0.279. The Kier molecular flexibility index (Phi) is 10.3. The fourth-order valence-electron chi connectivity index (χ4n) is 4.60. The summed E-state index contributed by atoms with van der Waals surface area (Å²) in [4.78, 5) is 6.94. The number of nitrogens with two attached hydrogens (primary N) is 1. The molecule has 1 aliphatic heterocycles. The van der Waals surface area contributed by atoms with Crippen molar-refractivity contribution in [1.82, 2.24) is 4.90 Å². The fraction of sp³-hybridized carbons (Fsp3) is 0.500. The van der Waals surface area contributed by atoms with Gasteiger partial charge in [0, 0.05) is 31.5 Å². The van der Waals surface area contributed by atoms with E-state index in [1.807, 2.05) is 12.1 Å². The molecule has 0 bridgehead atoms. The Hall–Kier alpha value is -1.84. The minimum Gasteiger partial charge on any atom is -0.492 e. The Balaban J connectivity index is 0.00000306. The molecule has 0 spiro atoms. The number of hydrogen-bond donors (Lipinski definition) is 2. The molecular formula is C26H37IN4O2. The zero-order valence-corrected chi connectivity index (χ0v) is 21.9. The zero-order valence-electron chi connectivity index (χ0n) is 19.6. The highest BCUT2D eigenvalue weighted by Crippen LogP contribution is 2.27. The number of nitrogens with one attached hydrogen (secondary N) is 1. The van der Waals surface area contributed by atoms with Gasteiger partial charge in [0.1, 0.15) is 12.4 Å². The molecule has 0 radical (unpaired) electrons. The molecule has 1 fully saturated rings. The number of benzene rings is 2. The minimum atomic E-state index is 0. The summed E-state index contributed by atoms with van der Waals surface area (Å²) >= 11 is 0. The van der Waals surface area contributed by atoms with Crippen LogP contribution in [0.4, 0.5) is 5.69 Å². The molecule has 33 heavy (non-hydrogen) atoms. The second-order valence-corrected chi connectivity index (χ2v) is 8.80. The van der Waals surface area contributed by atoms with E-state index in [9.17, 15) is 0 Å². The van der Waals surface area contributed by atoms with Crippen molar-refractivity contribution in [3.63, 3.8) is 0 Å². The summed E-state index contributed by atoms with van der Waals surface area (Å²) < 4.78 is 11.5. The lowest BCUT2D eigenvalue weighted by atomic mass is 9.90. The number of guanidine groups is 1. The Morgan fingerprint density at radius 3 is 2.79 bits per heavy atom. The predicted molar refractivity (Wildman–Crippen MR) is 146 cm³/mol. The molecule has 2 aromatic carbocycles. The van der Waals surface area contributed by atoms with Crippen molar-refractivity contribution < 1.29 is 9.47 Å².